The average molecular weight is 306 g/mol. The average Bonchev–Trinajstić information content (AvgIpc) is 2.43. The highest BCUT2D eigenvalue weighted by molar-refractivity contribution is 6.24. The van der Waals surface area contributed by atoms with Crippen molar-refractivity contribution < 1.29 is 37.0 Å². The van der Waals surface area contributed by atoms with Crippen LogP contribution in [0.2, 0.25) is 0 Å². The van der Waals surface area contributed by atoms with E-state index in [0.29, 0.717) is 6.26 Å². The summed E-state index contributed by atoms with van der Waals surface area (Å²) in [6, 6.07) is 0. The minimum Gasteiger partial charge on any atom is -0.500 e. The summed E-state index contributed by atoms with van der Waals surface area (Å²) in [5, 5.41) is 8.85. The smallest absolute Gasteiger partial charge is 0.342 e. The number of rotatable bonds is 5. The molecule has 8 heteroatoms. The largest absolute Gasteiger partial charge is 0.500 e. The number of carboxylic acid groups (broad SMARTS) is 1. The van der Waals surface area contributed by atoms with E-state index in [1.165, 1.54) is 6.92 Å². The van der Waals surface area contributed by atoms with Gasteiger partial charge in [-0.25, -0.2) is 22.4 Å². The van der Waals surface area contributed by atoms with Gasteiger partial charge in [0.15, 0.2) is 23.3 Å². The van der Waals surface area contributed by atoms with E-state index in [1.807, 2.05) is 0 Å². The minimum absolute atomic E-state index is 0.0116. The van der Waals surface area contributed by atoms with Crippen molar-refractivity contribution in [2.75, 3.05) is 6.61 Å². The Morgan fingerprint density at radius 3 is 2.10 bits per heavy atom. The van der Waals surface area contributed by atoms with Crippen LogP contribution in [0.25, 0.3) is 0 Å². The van der Waals surface area contributed by atoms with Crippen LogP contribution in [0.15, 0.2) is 11.8 Å². The molecule has 0 spiro atoms. The molecule has 0 atom stereocenters. The molecule has 1 rings (SSSR count). The van der Waals surface area contributed by atoms with Crippen LogP contribution in [-0.4, -0.2) is 23.5 Å². The summed E-state index contributed by atoms with van der Waals surface area (Å²) in [5.41, 5.74) is -3.07. The first-order valence-corrected chi connectivity index (χ1v) is 5.66. The van der Waals surface area contributed by atoms with E-state index in [2.05, 4.69) is 4.74 Å². The molecule has 0 fully saturated rings. The predicted octanol–water partition coefficient (Wildman–Crippen LogP) is 2.74. The number of ether oxygens (including phenoxy) is 1. The maximum Gasteiger partial charge on any atom is 0.342 e. The number of hydrogen-bond donors (Lipinski definition) is 1. The van der Waals surface area contributed by atoms with Gasteiger partial charge in [-0.05, 0) is 13.8 Å². The number of carbonyl (C=O) groups is 2. The molecular weight excluding hydrogens is 296 g/mol. The molecule has 0 radical (unpaired) electrons. The third-order valence-corrected chi connectivity index (χ3v) is 2.57. The van der Waals surface area contributed by atoms with Gasteiger partial charge < -0.3 is 9.84 Å². The zero-order valence-corrected chi connectivity index (χ0v) is 11.0. The first-order valence-electron chi connectivity index (χ1n) is 5.66. The topological polar surface area (TPSA) is 63.6 Å². The summed E-state index contributed by atoms with van der Waals surface area (Å²) >= 11 is 0. The Hall–Kier alpha value is -2.38. The Bertz CT molecular complexity index is 609. The predicted molar refractivity (Wildman–Crippen MR) is 62.7 cm³/mol. The Morgan fingerprint density at radius 1 is 1.10 bits per heavy atom. The van der Waals surface area contributed by atoms with Gasteiger partial charge in [-0.15, -0.1) is 0 Å². The van der Waals surface area contributed by atoms with Crippen molar-refractivity contribution in [1.82, 2.24) is 0 Å². The molecule has 0 heterocycles. The molecule has 114 valence electrons. The Labute approximate surface area is 116 Å². The fourth-order valence-electron chi connectivity index (χ4n) is 1.51. The molecule has 0 aromatic heterocycles. The Kier molecular flexibility index (Phi) is 5.07. The van der Waals surface area contributed by atoms with Crippen LogP contribution < -0.4 is 0 Å². The van der Waals surface area contributed by atoms with Crippen molar-refractivity contribution >= 4 is 11.8 Å². The molecule has 0 amide bonds. The number of hydrogen-bond acceptors (Lipinski definition) is 3. The van der Waals surface area contributed by atoms with Crippen LogP contribution in [0.1, 0.15) is 22.8 Å². The molecule has 0 saturated heterocycles. The number of carboxylic acids is 1. The van der Waals surface area contributed by atoms with E-state index in [1.54, 1.807) is 0 Å². The third kappa shape index (κ3) is 3.04. The lowest BCUT2D eigenvalue weighted by Gasteiger charge is -2.10. The fraction of sp³-hybridized carbons (Fsp3) is 0.231. The van der Waals surface area contributed by atoms with Gasteiger partial charge in [0.2, 0.25) is 5.78 Å². The Balaban J connectivity index is 3.53. The summed E-state index contributed by atoms with van der Waals surface area (Å²) in [5.74, 6) is -11.3. The lowest BCUT2D eigenvalue weighted by molar-refractivity contribution is -0.132. The first kappa shape index (κ1) is 16.7. The molecule has 1 N–H and O–H groups in total. The van der Waals surface area contributed by atoms with E-state index >= 15 is 0 Å². The van der Waals surface area contributed by atoms with Crippen LogP contribution in [0.3, 0.4) is 0 Å². The molecule has 0 unspecified atom stereocenters. The zero-order chi connectivity index (χ0) is 16.3. The third-order valence-electron chi connectivity index (χ3n) is 2.57. The lowest BCUT2D eigenvalue weighted by Crippen LogP contribution is -2.18. The second-order valence-corrected chi connectivity index (χ2v) is 3.88. The highest BCUT2D eigenvalue weighted by Gasteiger charge is 2.31. The summed E-state index contributed by atoms with van der Waals surface area (Å²) in [7, 11) is 0. The number of ketones is 1. The van der Waals surface area contributed by atoms with E-state index in [-0.39, 0.29) is 6.61 Å². The number of carbonyl (C=O) groups excluding carboxylic acids is 1. The molecule has 1 aromatic rings. The highest BCUT2D eigenvalue weighted by Crippen LogP contribution is 2.25. The summed E-state index contributed by atoms with van der Waals surface area (Å²) in [4.78, 5) is 22.9. The Morgan fingerprint density at radius 2 is 1.62 bits per heavy atom. The van der Waals surface area contributed by atoms with Crippen molar-refractivity contribution in [2.45, 2.75) is 13.8 Å². The van der Waals surface area contributed by atoms with Gasteiger partial charge in [-0.3, -0.25) is 4.79 Å². The number of aliphatic carboxylic acids is 1. The molecule has 0 aliphatic carbocycles. The van der Waals surface area contributed by atoms with Gasteiger partial charge in [0.25, 0.3) is 0 Å². The van der Waals surface area contributed by atoms with Crippen LogP contribution in [0.4, 0.5) is 17.6 Å². The molecule has 0 saturated carbocycles. The van der Waals surface area contributed by atoms with Crippen molar-refractivity contribution in [3.05, 3.63) is 46.2 Å². The second kappa shape index (κ2) is 6.38. The van der Waals surface area contributed by atoms with Crippen LogP contribution in [-0.2, 0) is 9.53 Å². The molecular formula is C13H10F4O4. The summed E-state index contributed by atoms with van der Waals surface area (Å²) in [6.07, 6.45) is 0.530. The lowest BCUT2D eigenvalue weighted by atomic mass is 9.98. The van der Waals surface area contributed by atoms with Crippen LogP contribution >= 0.6 is 0 Å². The standard InChI is InChI=1S/C13H10F4O4/c1-3-21-4-6(13(19)20)12(18)7-5(2)8(14)10(16)11(17)9(7)15/h4H,3H2,1-2H3,(H,19,20). The normalized spacial score (nSPS) is 11.4. The van der Waals surface area contributed by atoms with E-state index < -0.39 is 51.7 Å². The zero-order valence-electron chi connectivity index (χ0n) is 11.0. The second-order valence-electron chi connectivity index (χ2n) is 3.88. The monoisotopic (exact) mass is 306 g/mol. The van der Waals surface area contributed by atoms with Crippen LogP contribution in [0, 0.1) is 30.2 Å². The van der Waals surface area contributed by atoms with Gasteiger partial charge in [0, 0.05) is 5.56 Å². The SMILES string of the molecule is CCOC=C(C(=O)O)C(=O)c1c(C)c(F)c(F)c(F)c1F. The maximum absolute atomic E-state index is 13.6. The number of Topliss-reactive ketones (excluding diaryl/α,β-unsaturated/α-hetero) is 1. The van der Waals surface area contributed by atoms with Crippen molar-refractivity contribution in [3.63, 3.8) is 0 Å². The molecule has 0 bridgehead atoms. The quantitative estimate of drug-likeness (QED) is 0.133. The van der Waals surface area contributed by atoms with Gasteiger partial charge >= 0.3 is 5.97 Å². The number of halogens is 4. The van der Waals surface area contributed by atoms with Crippen molar-refractivity contribution in [3.8, 4) is 0 Å². The van der Waals surface area contributed by atoms with Gasteiger partial charge in [0.05, 0.1) is 12.2 Å². The fourth-order valence-corrected chi connectivity index (χ4v) is 1.51. The molecule has 21 heavy (non-hydrogen) atoms. The van der Waals surface area contributed by atoms with E-state index in [0.717, 1.165) is 6.92 Å². The molecule has 4 nitrogen and oxygen atoms in total. The summed E-state index contributed by atoms with van der Waals surface area (Å²) in [6.45, 7) is 2.33. The van der Waals surface area contributed by atoms with Crippen molar-refractivity contribution in [1.29, 1.82) is 0 Å². The van der Waals surface area contributed by atoms with Gasteiger partial charge in [-0.2, -0.15) is 0 Å². The maximum atomic E-state index is 13.6. The van der Waals surface area contributed by atoms with Gasteiger partial charge in [0.1, 0.15) is 11.8 Å². The first-order chi connectivity index (χ1) is 9.73. The number of benzene rings is 1. The molecule has 1 aromatic carbocycles. The summed E-state index contributed by atoms with van der Waals surface area (Å²) < 4.78 is 57.8. The van der Waals surface area contributed by atoms with Crippen molar-refractivity contribution in [2.24, 2.45) is 0 Å². The van der Waals surface area contributed by atoms with Gasteiger partial charge in [-0.1, -0.05) is 0 Å². The van der Waals surface area contributed by atoms with E-state index in [9.17, 15) is 27.2 Å². The minimum atomic E-state index is -2.19. The van der Waals surface area contributed by atoms with E-state index in [4.69, 9.17) is 5.11 Å². The molecule has 0 aliphatic rings. The van der Waals surface area contributed by atoms with Crippen LogP contribution in [0.5, 0.6) is 0 Å². The molecule has 0 aliphatic heterocycles. The highest BCUT2D eigenvalue weighted by atomic mass is 19.2.